The number of anilines is 1. The molecule has 1 aliphatic heterocycles. The average Bonchev–Trinajstić information content (AvgIpc) is 3.18. The van der Waals surface area contributed by atoms with Crippen molar-refractivity contribution in [3.8, 4) is 5.82 Å². The Morgan fingerprint density at radius 1 is 1.06 bits per heavy atom. The summed E-state index contributed by atoms with van der Waals surface area (Å²) in [4.78, 5) is 21.4. The molecule has 2 aliphatic rings. The zero-order valence-corrected chi connectivity index (χ0v) is 19.1. The predicted molar refractivity (Wildman–Crippen MR) is 124 cm³/mol. The number of aryl methyl sites for hydroxylation is 1. The predicted octanol–water partition coefficient (Wildman–Crippen LogP) is 3.33. The van der Waals surface area contributed by atoms with Gasteiger partial charge >= 0.3 is 6.18 Å². The molecule has 11 heteroatoms. The van der Waals surface area contributed by atoms with Gasteiger partial charge in [0.2, 0.25) is 0 Å². The van der Waals surface area contributed by atoms with Gasteiger partial charge in [-0.1, -0.05) is 6.42 Å². The minimum atomic E-state index is -4.19. The molecular weight excluding hydrogens is 445 g/mol. The maximum absolute atomic E-state index is 12.7. The van der Waals surface area contributed by atoms with Crippen molar-refractivity contribution in [3.05, 3.63) is 36.0 Å². The van der Waals surface area contributed by atoms with E-state index in [0.29, 0.717) is 50.2 Å². The van der Waals surface area contributed by atoms with Gasteiger partial charge in [0.1, 0.15) is 11.6 Å². The van der Waals surface area contributed by atoms with E-state index in [4.69, 9.17) is 4.98 Å². The number of pyridine rings is 1. The number of rotatable bonds is 6. The molecule has 34 heavy (non-hydrogen) atoms. The van der Waals surface area contributed by atoms with Crippen molar-refractivity contribution < 1.29 is 13.2 Å². The van der Waals surface area contributed by atoms with Gasteiger partial charge in [0.25, 0.3) is 0 Å². The Kier molecular flexibility index (Phi) is 5.75. The van der Waals surface area contributed by atoms with Gasteiger partial charge in [0, 0.05) is 55.8 Å². The summed E-state index contributed by atoms with van der Waals surface area (Å²) >= 11 is 0. The van der Waals surface area contributed by atoms with Crippen LogP contribution in [0, 0.1) is 6.92 Å². The second-order valence-corrected chi connectivity index (χ2v) is 9.21. The van der Waals surface area contributed by atoms with Crippen LogP contribution < -0.4 is 4.90 Å². The fourth-order valence-corrected chi connectivity index (χ4v) is 4.90. The van der Waals surface area contributed by atoms with Crippen LogP contribution in [0.3, 0.4) is 0 Å². The van der Waals surface area contributed by atoms with Gasteiger partial charge in [-0.2, -0.15) is 18.3 Å². The third kappa shape index (κ3) is 4.36. The van der Waals surface area contributed by atoms with Crippen molar-refractivity contribution in [2.45, 2.75) is 37.8 Å². The number of hydrogen-bond donors (Lipinski definition) is 0. The summed E-state index contributed by atoms with van der Waals surface area (Å²) in [6.45, 7) is 6.86. The molecule has 0 spiro atoms. The summed E-state index contributed by atoms with van der Waals surface area (Å²) in [5.74, 6) is 1.89. The minimum absolute atomic E-state index is 0.0616. The second kappa shape index (κ2) is 8.61. The molecule has 1 saturated heterocycles. The van der Waals surface area contributed by atoms with E-state index in [1.54, 1.807) is 10.9 Å². The maximum atomic E-state index is 12.7. The molecule has 5 rings (SSSR count). The second-order valence-electron chi connectivity index (χ2n) is 9.21. The van der Waals surface area contributed by atoms with Gasteiger partial charge in [-0.15, -0.1) is 0 Å². The van der Waals surface area contributed by atoms with Crippen LogP contribution in [-0.4, -0.2) is 81.8 Å². The molecule has 0 bridgehead atoms. The molecule has 2 fully saturated rings. The Hall–Kier alpha value is -3.08. The highest BCUT2D eigenvalue weighted by atomic mass is 19.4. The molecule has 0 amide bonds. The van der Waals surface area contributed by atoms with E-state index >= 15 is 0 Å². The largest absolute Gasteiger partial charge is 0.401 e. The molecule has 0 aromatic carbocycles. The van der Waals surface area contributed by atoms with E-state index in [0.717, 1.165) is 35.9 Å². The molecule has 3 aromatic heterocycles. The summed E-state index contributed by atoms with van der Waals surface area (Å²) < 4.78 is 40.0. The first kappa shape index (κ1) is 22.7. The summed E-state index contributed by atoms with van der Waals surface area (Å²) in [5, 5.41) is 5.46. The van der Waals surface area contributed by atoms with Crippen LogP contribution in [-0.2, 0) is 5.41 Å². The first-order chi connectivity index (χ1) is 16.3. The average molecular weight is 473 g/mol. The fraction of sp³-hybridized carbons (Fsp3) is 0.522. The van der Waals surface area contributed by atoms with Gasteiger partial charge in [0.05, 0.1) is 24.0 Å². The van der Waals surface area contributed by atoms with Crippen molar-refractivity contribution in [2.24, 2.45) is 4.99 Å². The van der Waals surface area contributed by atoms with Gasteiger partial charge in [-0.25, -0.2) is 14.6 Å². The Morgan fingerprint density at radius 3 is 2.44 bits per heavy atom. The molecule has 4 heterocycles. The maximum Gasteiger partial charge on any atom is 0.401 e. The number of alkyl halides is 3. The van der Waals surface area contributed by atoms with Crippen molar-refractivity contribution in [3.63, 3.8) is 0 Å². The lowest BCUT2D eigenvalue weighted by molar-refractivity contribution is -0.146. The Balaban J connectivity index is 1.43. The molecule has 1 aliphatic carbocycles. The summed E-state index contributed by atoms with van der Waals surface area (Å²) in [6, 6.07) is 3.92. The van der Waals surface area contributed by atoms with Crippen LogP contribution in [0.15, 0.2) is 29.5 Å². The van der Waals surface area contributed by atoms with E-state index < -0.39 is 12.7 Å². The Morgan fingerprint density at radius 2 is 1.79 bits per heavy atom. The van der Waals surface area contributed by atoms with Crippen molar-refractivity contribution in [1.29, 1.82) is 0 Å². The zero-order chi connectivity index (χ0) is 23.9. The van der Waals surface area contributed by atoms with Crippen molar-refractivity contribution in [2.75, 3.05) is 44.2 Å². The van der Waals surface area contributed by atoms with Crippen LogP contribution in [0.5, 0.6) is 0 Å². The van der Waals surface area contributed by atoms with Gasteiger partial charge < -0.3 is 4.90 Å². The highest BCUT2D eigenvalue weighted by Crippen LogP contribution is 2.43. The number of fused-ring (bicyclic) bond motifs is 1. The quantitative estimate of drug-likeness (QED) is 0.513. The van der Waals surface area contributed by atoms with Gasteiger partial charge in [-0.3, -0.25) is 14.9 Å². The van der Waals surface area contributed by atoms with E-state index in [2.05, 4.69) is 32.8 Å². The number of aromatic nitrogens is 5. The molecule has 8 nitrogen and oxygen atoms in total. The van der Waals surface area contributed by atoms with E-state index in [1.165, 1.54) is 4.90 Å². The highest BCUT2D eigenvalue weighted by molar-refractivity contribution is 5.80. The first-order valence-corrected chi connectivity index (χ1v) is 11.4. The highest BCUT2D eigenvalue weighted by Gasteiger charge is 2.40. The van der Waals surface area contributed by atoms with E-state index in [9.17, 15) is 13.2 Å². The molecule has 1 saturated carbocycles. The minimum Gasteiger partial charge on any atom is -0.354 e. The standard InChI is InChI=1S/C23H27F3N8/c1-16-30-20(33-8-6-32(7-9-33)15-23(24,25)26)11-21(31-16)34-18-10-19(28-12-17(18)13-29-34)22(14-27-2)4-3-5-22/h10-13H,2-9,14-15H2,1H3. The number of halogens is 3. The molecule has 0 unspecified atom stereocenters. The molecule has 0 atom stereocenters. The molecule has 3 aromatic rings. The first-order valence-electron chi connectivity index (χ1n) is 11.4. The SMILES string of the molecule is C=NCC1(c2cc3c(cn2)cnn3-c2cc(N3CCN(CC(F)(F)F)CC3)nc(C)n2)CCC1. The lowest BCUT2D eigenvalue weighted by Crippen LogP contribution is -2.49. The van der Waals surface area contributed by atoms with Crippen molar-refractivity contribution in [1.82, 2.24) is 29.6 Å². The number of hydrogen-bond acceptors (Lipinski definition) is 7. The summed E-state index contributed by atoms with van der Waals surface area (Å²) in [7, 11) is 0. The summed E-state index contributed by atoms with van der Waals surface area (Å²) in [6.07, 6.45) is 2.64. The van der Waals surface area contributed by atoms with Crippen LogP contribution in [0.4, 0.5) is 19.0 Å². The molecule has 0 radical (unpaired) electrons. The third-order valence-electron chi connectivity index (χ3n) is 6.85. The van der Waals surface area contributed by atoms with E-state index in [1.807, 2.05) is 24.1 Å². The van der Waals surface area contributed by atoms with Crippen LogP contribution in [0.2, 0.25) is 0 Å². The normalized spacial score (nSPS) is 18.8. The smallest absolute Gasteiger partial charge is 0.354 e. The summed E-state index contributed by atoms with van der Waals surface area (Å²) in [5.41, 5.74) is 1.83. The van der Waals surface area contributed by atoms with Crippen molar-refractivity contribution >= 4 is 23.4 Å². The monoisotopic (exact) mass is 472 g/mol. The number of piperazine rings is 1. The lowest BCUT2D eigenvalue weighted by Gasteiger charge is -2.40. The number of nitrogens with zero attached hydrogens (tertiary/aromatic N) is 8. The van der Waals surface area contributed by atoms with Gasteiger partial charge in [-0.05, 0) is 32.5 Å². The third-order valence-corrected chi connectivity index (χ3v) is 6.85. The Bertz CT molecular complexity index is 1190. The number of aliphatic imine (C=N–C) groups is 1. The Labute approximate surface area is 195 Å². The van der Waals surface area contributed by atoms with Crippen LogP contribution >= 0.6 is 0 Å². The fourth-order valence-electron chi connectivity index (χ4n) is 4.90. The molecular formula is C23H27F3N8. The van der Waals surface area contributed by atoms with Crippen LogP contribution in [0.1, 0.15) is 30.8 Å². The lowest BCUT2D eigenvalue weighted by atomic mass is 9.66. The molecule has 180 valence electrons. The zero-order valence-electron chi connectivity index (χ0n) is 19.1. The van der Waals surface area contributed by atoms with Gasteiger partial charge in [0.15, 0.2) is 5.82 Å². The topological polar surface area (TPSA) is 75.3 Å². The van der Waals surface area contributed by atoms with E-state index in [-0.39, 0.29) is 5.41 Å². The van der Waals surface area contributed by atoms with Crippen LogP contribution in [0.25, 0.3) is 16.7 Å². The molecule has 0 N–H and O–H groups in total.